The van der Waals surface area contributed by atoms with Gasteiger partial charge in [-0.2, -0.15) is 13.2 Å². The Morgan fingerprint density at radius 3 is 2.27 bits per heavy atom. The minimum Gasteiger partial charge on any atom is -0.345 e. The fourth-order valence-electron chi connectivity index (χ4n) is 2.99. The second kappa shape index (κ2) is 9.15. The standard InChI is InChI=1S/C17H21F3N3O6P/c1-11(24)21-14(6-9-30(27,28)29)16(26)22-7-8-23(15(25)10-22)13-4-2-12(3-5-13)17(18,19)20/h2-5,14H,6-10H2,1H3,(H,21,24)(H2,27,28,29)/t14-/m0/s1. The van der Waals surface area contributed by atoms with Crippen LogP contribution >= 0.6 is 7.60 Å². The summed E-state index contributed by atoms with van der Waals surface area (Å²) in [7, 11) is -4.40. The molecule has 13 heteroatoms. The monoisotopic (exact) mass is 451 g/mol. The number of amides is 3. The van der Waals surface area contributed by atoms with E-state index in [0.29, 0.717) is 0 Å². The van der Waals surface area contributed by atoms with Crippen LogP contribution in [0.4, 0.5) is 18.9 Å². The third kappa shape index (κ3) is 6.54. The van der Waals surface area contributed by atoms with Crippen molar-refractivity contribution >= 4 is 31.0 Å². The Morgan fingerprint density at radius 2 is 1.80 bits per heavy atom. The largest absolute Gasteiger partial charge is 0.416 e. The van der Waals surface area contributed by atoms with E-state index >= 15 is 0 Å². The summed E-state index contributed by atoms with van der Waals surface area (Å²) in [5, 5.41) is 2.32. The predicted molar refractivity (Wildman–Crippen MR) is 99.5 cm³/mol. The van der Waals surface area contributed by atoms with E-state index in [4.69, 9.17) is 9.79 Å². The van der Waals surface area contributed by atoms with Gasteiger partial charge in [0.05, 0.1) is 11.7 Å². The summed E-state index contributed by atoms with van der Waals surface area (Å²) in [5.74, 6) is -1.78. The number of carbonyl (C=O) groups is 3. The van der Waals surface area contributed by atoms with Gasteiger partial charge in [0.1, 0.15) is 12.6 Å². The van der Waals surface area contributed by atoms with Crippen molar-refractivity contribution in [2.24, 2.45) is 0 Å². The summed E-state index contributed by atoms with van der Waals surface area (Å²) in [6, 6.07) is 2.83. The van der Waals surface area contributed by atoms with Gasteiger partial charge in [-0.1, -0.05) is 0 Å². The van der Waals surface area contributed by atoms with Crippen molar-refractivity contribution in [3.05, 3.63) is 29.8 Å². The van der Waals surface area contributed by atoms with Gasteiger partial charge >= 0.3 is 13.8 Å². The maximum Gasteiger partial charge on any atom is 0.416 e. The van der Waals surface area contributed by atoms with Crippen molar-refractivity contribution in [3.8, 4) is 0 Å². The summed E-state index contributed by atoms with van der Waals surface area (Å²) in [4.78, 5) is 56.8. The molecule has 0 aromatic heterocycles. The van der Waals surface area contributed by atoms with Crippen LogP contribution in [0.15, 0.2) is 24.3 Å². The van der Waals surface area contributed by atoms with Gasteiger partial charge in [-0.3, -0.25) is 18.9 Å². The quantitative estimate of drug-likeness (QED) is 0.553. The number of anilines is 1. The first kappa shape index (κ1) is 23.8. The molecule has 3 N–H and O–H groups in total. The lowest BCUT2D eigenvalue weighted by Gasteiger charge is -2.36. The number of benzene rings is 1. The number of halogens is 3. The maximum atomic E-state index is 12.7. The van der Waals surface area contributed by atoms with E-state index in [1.54, 1.807) is 0 Å². The van der Waals surface area contributed by atoms with Crippen LogP contribution in [0.5, 0.6) is 0 Å². The maximum absolute atomic E-state index is 12.7. The average Bonchev–Trinajstić information content (AvgIpc) is 2.63. The molecule has 1 atom stereocenters. The van der Waals surface area contributed by atoms with Crippen LogP contribution in [-0.2, 0) is 25.1 Å². The van der Waals surface area contributed by atoms with Crippen LogP contribution in [0.3, 0.4) is 0 Å². The van der Waals surface area contributed by atoms with Crippen molar-refractivity contribution < 1.29 is 41.9 Å². The number of nitrogens with zero attached hydrogens (tertiary/aromatic N) is 2. The van der Waals surface area contributed by atoms with Crippen molar-refractivity contribution in [3.63, 3.8) is 0 Å². The lowest BCUT2D eigenvalue weighted by molar-refractivity contribution is -0.140. The van der Waals surface area contributed by atoms with Gasteiger partial charge in [0.15, 0.2) is 0 Å². The molecule has 1 heterocycles. The number of hydrogen-bond donors (Lipinski definition) is 3. The van der Waals surface area contributed by atoms with Crippen LogP contribution < -0.4 is 10.2 Å². The highest BCUT2D eigenvalue weighted by Gasteiger charge is 2.34. The number of nitrogens with one attached hydrogen (secondary N) is 1. The second-order valence-electron chi connectivity index (χ2n) is 6.78. The molecular formula is C17H21F3N3O6P. The van der Waals surface area contributed by atoms with Crippen LogP contribution in [0.25, 0.3) is 0 Å². The van der Waals surface area contributed by atoms with Gasteiger partial charge < -0.3 is 24.9 Å². The Kier molecular flexibility index (Phi) is 7.27. The summed E-state index contributed by atoms with van der Waals surface area (Å²) >= 11 is 0. The zero-order valence-corrected chi connectivity index (χ0v) is 16.8. The molecule has 0 saturated carbocycles. The summed E-state index contributed by atoms with van der Waals surface area (Å²) in [6.45, 7) is 0.816. The van der Waals surface area contributed by atoms with Crippen LogP contribution in [0.2, 0.25) is 0 Å². The zero-order valence-electron chi connectivity index (χ0n) is 15.9. The molecule has 2 rings (SSSR count). The molecular weight excluding hydrogens is 430 g/mol. The Balaban J connectivity index is 2.06. The van der Waals surface area contributed by atoms with E-state index in [1.165, 1.54) is 17.0 Å². The molecule has 3 amide bonds. The molecule has 30 heavy (non-hydrogen) atoms. The van der Waals surface area contributed by atoms with Gasteiger partial charge in [0.2, 0.25) is 17.7 Å². The first-order chi connectivity index (χ1) is 13.8. The Bertz CT molecular complexity index is 855. The molecule has 1 saturated heterocycles. The highest BCUT2D eigenvalue weighted by Crippen LogP contribution is 2.35. The summed E-state index contributed by atoms with van der Waals surface area (Å²) in [5.41, 5.74) is -0.601. The van der Waals surface area contributed by atoms with Gasteiger partial charge in [-0.25, -0.2) is 0 Å². The van der Waals surface area contributed by atoms with E-state index in [2.05, 4.69) is 5.32 Å². The topological polar surface area (TPSA) is 127 Å². The first-order valence-corrected chi connectivity index (χ1v) is 10.7. The van der Waals surface area contributed by atoms with Gasteiger partial charge in [0, 0.05) is 25.7 Å². The number of hydrogen-bond acceptors (Lipinski definition) is 4. The molecule has 1 aliphatic rings. The van der Waals surface area contributed by atoms with Crippen molar-refractivity contribution in [1.29, 1.82) is 0 Å². The van der Waals surface area contributed by atoms with E-state index < -0.39 is 49.3 Å². The fraction of sp³-hybridized carbons (Fsp3) is 0.471. The molecule has 1 aromatic rings. The molecule has 1 aromatic carbocycles. The molecule has 0 radical (unpaired) electrons. The molecule has 9 nitrogen and oxygen atoms in total. The SMILES string of the molecule is CC(=O)N[C@@H](CCP(=O)(O)O)C(=O)N1CCN(c2ccc(C(F)(F)F)cc2)C(=O)C1. The number of alkyl halides is 3. The summed E-state index contributed by atoms with van der Waals surface area (Å²) < 4.78 is 49.1. The Morgan fingerprint density at radius 1 is 1.20 bits per heavy atom. The third-order valence-electron chi connectivity index (χ3n) is 4.42. The van der Waals surface area contributed by atoms with E-state index in [0.717, 1.165) is 24.0 Å². The highest BCUT2D eigenvalue weighted by atomic mass is 31.2. The van der Waals surface area contributed by atoms with Crippen LogP contribution in [0.1, 0.15) is 18.9 Å². The van der Waals surface area contributed by atoms with E-state index in [9.17, 15) is 32.1 Å². The molecule has 0 aliphatic carbocycles. The average molecular weight is 451 g/mol. The highest BCUT2D eigenvalue weighted by molar-refractivity contribution is 7.51. The molecule has 0 unspecified atom stereocenters. The van der Waals surface area contributed by atoms with E-state index in [1.807, 2.05) is 0 Å². The number of rotatable bonds is 6. The zero-order chi connectivity index (χ0) is 22.7. The first-order valence-electron chi connectivity index (χ1n) is 8.86. The minimum atomic E-state index is -4.50. The number of carbonyl (C=O) groups excluding carboxylic acids is 3. The molecule has 1 fully saturated rings. The van der Waals surface area contributed by atoms with E-state index in [-0.39, 0.29) is 31.7 Å². The lowest BCUT2D eigenvalue weighted by Crippen LogP contribution is -2.57. The van der Waals surface area contributed by atoms with Crippen LogP contribution in [-0.4, -0.2) is 64.2 Å². The second-order valence-corrected chi connectivity index (χ2v) is 8.56. The molecule has 166 valence electrons. The van der Waals surface area contributed by atoms with Crippen molar-refractivity contribution in [1.82, 2.24) is 10.2 Å². The van der Waals surface area contributed by atoms with Crippen LogP contribution in [0, 0.1) is 0 Å². The minimum absolute atomic E-state index is 0.0151. The van der Waals surface area contributed by atoms with Gasteiger partial charge in [-0.05, 0) is 30.7 Å². The molecule has 1 aliphatic heterocycles. The van der Waals surface area contributed by atoms with Crippen molar-refractivity contribution in [2.75, 3.05) is 30.7 Å². The van der Waals surface area contributed by atoms with Crippen molar-refractivity contribution in [2.45, 2.75) is 25.6 Å². The van der Waals surface area contributed by atoms with Gasteiger partial charge in [0.25, 0.3) is 0 Å². The summed E-state index contributed by atoms with van der Waals surface area (Å²) in [6.07, 6.45) is -5.43. The lowest BCUT2D eigenvalue weighted by atomic mass is 10.1. The number of piperazine rings is 1. The Hall–Kier alpha value is -2.43. The third-order valence-corrected chi connectivity index (χ3v) is 5.26. The Labute approximate surface area is 170 Å². The predicted octanol–water partition coefficient (Wildman–Crippen LogP) is 0.953. The normalized spacial score (nSPS) is 16.4. The fourth-order valence-corrected chi connectivity index (χ4v) is 3.58. The molecule has 0 spiro atoms. The molecule has 0 bridgehead atoms. The smallest absolute Gasteiger partial charge is 0.345 e. The van der Waals surface area contributed by atoms with Gasteiger partial charge in [-0.15, -0.1) is 0 Å².